The summed E-state index contributed by atoms with van der Waals surface area (Å²) in [5, 5.41) is 2.95. The van der Waals surface area contributed by atoms with Crippen LogP contribution in [0.15, 0.2) is 18.2 Å². The van der Waals surface area contributed by atoms with Gasteiger partial charge in [0.25, 0.3) is 0 Å². The average Bonchev–Trinajstić information content (AvgIpc) is 2.56. The standard InChI is InChI=1S/C17H28N2O3S.ClH/c1-17(2,11-19-16(20)13(18)8-9-23-5)12-6-7-14(21-3)15(10-12)22-4;/h6-7,10,13H,8-9,11,18H2,1-5H3,(H,19,20);1H/t13-;/m0./s1. The van der Waals surface area contributed by atoms with Gasteiger partial charge in [-0.2, -0.15) is 11.8 Å². The van der Waals surface area contributed by atoms with Gasteiger partial charge in [-0.25, -0.2) is 0 Å². The second-order valence-corrected chi connectivity index (χ2v) is 7.05. The first-order valence-electron chi connectivity index (χ1n) is 7.60. The van der Waals surface area contributed by atoms with Crippen LogP contribution in [-0.4, -0.2) is 44.7 Å². The molecule has 1 atom stereocenters. The number of amides is 1. The van der Waals surface area contributed by atoms with E-state index in [1.54, 1.807) is 26.0 Å². The Bertz CT molecular complexity index is 527. The number of thioether (sulfide) groups is 1. The predicted octanol–water partition coefficient (Wildman–Crippen LogP) is 2.60. The molecule has 1 aromatic carbocycles. The molecule has 0 aromatic heterocycles. The molecule has 0 fully saturated rings. The summed E-state index contributed by atoms with van der Waals surface area (Å²) >= 11 is 1.69. The first kappa shape index (κ1) is 22.9. The Hall–Kier alpha value is -1.11. The molecular weight excluding hydrogens is 348 g/mol. The van der Waals surface area contributed by atoms with Crippen molar-refractivity contribution in [2.45, 2.75) is 31.7 Å². The Morgan fingerprint density at radius 1 is 1.29 bits per heavy atom. The molecule has 0 saturated heterocycles. The van der Waals surface area contributed by atoms with E-state index in [4.69, 9.17) is 15.2 Å². The monoisotopic (exact) mass is 376 g/mol. The third kappa shape index (κ3) is 6.42. The first-order chi connectivity index (χ1) is 10.9. The fourth-order valence-electron chi connectivity index (χ4n) is 2.17. The second-order valence-electron chi connectivity index (χ2n) is 6.06. The zero-order valence-corrected chi connectivity index (χ0v) is 16.7. The number of ether oxygens (including phenoxy) is 2. The average molecular weight is 377 g/mol. The van der Waals surface area contributed by atoms with E-state index >= 15 is 0 Å². The molecule has 24 heavy (non-hydrogen) atoms. The Balaban J connectivity index is 0.00000529. The van der Waals surface area contributed by atoms with E-state index in [1.165, 1.54) is 0 Å². The molecule has 0 saturated carbocycles. The number of rotatable bonds is 9. The molecule has 0 radical (unpaired) electrons. The minimum Gasteiger partial charge on any atom is -0.493 e. The lowest BCUT2D eigenvalue weighted by Crippen LogP contribution is -2.45. The zero-order chi connectivity index (χ0) is 17.5. The van der Waals surface area contributed by atoms with Crippen LogP contribution in [0.5, 0.6) is 11.5 Å². The van der Waals surface area contributed by atoms with Crippen molar-refractivity contribution in [1.82, 2.24) is 5.32 Å². The van der Waals surface area contributed by atoms with Crippen molar-refractivity contribution in [3.05, 3.63) is 23.8 Å². The van der Waals surface area contributed by atoms with E-state index < -0.39 is 6.04 Å². The molecule has 0 aliphatic carbocycles. The van der Waals surface area contributed by atoms with Gasteiger partial charge in [-0.1, -0.05) is 19.9 Å². The maximum absolute atomic E-state index is 12.1. The smallest absolute Gasteiger partial charge is 0.236 e. The predicted molar refractivity (Wildman–Crippen MR) is 104 cm³/mol. The van der Waals surface area contributed by atoms with Gasteiger partial charge in [0.2, 0.25) is 5.91 Å². The summed E-state index contributed by atoms with van der Waals surface area (Å²) in [6.07, 6.45) is 2.69. The molecule has 3 N–H and O–H groups in total. The molecule has 1 amide bonds. The summed E-state index contributed by atoms with van der Waals surface area (Å²) in [7, 11) is 3.22. The lowest BCUT2D eigenvalue weighted by atomic mass is 9.84. The van der Waals surface area contributed by atoms with Crippen molar-refractivity contribution < 1.29 is 14.3 Å². The number of methoxy groups -OCH3 is 2. The molecule has 1 aromatic rings. The molecule has 138 valence electrons. The van der Waals surface area contributed by atoms with E-state index in [1.807, 2.05) is 24.5 Å². The van der Waals surface area contributed by atoms with Crippen molar-refractivity contribution in [3.63, 3.8) is 0 Å². The van der Waals surface area contributed by atoms with E-state index in [0.29, 0.717) is 24.5 Å². The lowest BCUT2D eigenvalue weighted by molar-refractivity contribution is -0.122. The highest BCUT2D eigenvalue weighted by Gasteiger charge is 2.24. The van der Waals surface area contributed by atoms with Gasteiger partial charge in [0.15, 0.2) is 11.5 Å². The fraction of sp³-hybridized carbons (Fsp3) is 0.588. The summed E-state index contributed by atoms with van der Waals surface area (Å²) in [6.45, 7) is 4.65. The molecular formula is C17H29ClN2O3S. The van der Waals surface area contributed by atoms with Gasteiger partial charge in [0.1, 0.15) is 0 Å². The number of carbonyl (C=O) groups excluding carboxylic acids is 1. The van der Waals surface area contributed by atoms with E-state index in [2.05, 4.69) is 19.2 Å². The minimum absolute atomic E-state index is 0. The van der Waals surface area contributed by atoms with Gasteiger partial charge in [-0.15, -0.1) is 12.4 Å². The van der Waals surface area contributed by atoms with Crippen molar-refractivity contribution >= 4 is 30.1 Å². The largest absolute Gasteiger partial charge is 0.493 e. The van der Waals surface area contributed by atoms with Crippen molar-refractivity contribution in [2.75, 3.05) is 32.8 Å². The maximum atomic E-state index is 12.1. The SMILES string of the molecule is COc1ccc(C(C)(C)CNC(=O)[C@@H](N)CCSC)cc1OC.Cl. The molecule has 0 aliphatic rings. The Morgan fingerprint density at radius 3 is 2.46 bits per heavy atom. The van der Waals surface area contributed by atoms with Gasteiger partial charge in [-0.05, 0) is 36.1 Å². The first-order valence-corrected chi connectivity index (χ1v) is 9.00. The highest BCUT2D eigenvalue weighted by atomic mass is 35.5. The minimum atomic E-state index is -0.455. The summed E-state index contributed by atoms with van der Waals surface area (Å²) < 4.78 is 10.6. The molecule has 1 rings (SSSR count). The maximum Gasteiger partial charge on any atom is 0.236 e. The van der Waals surface area contributed by atoms with Gasteiger partial charge in [0.05, 0.1) is 20.3 Å². The van der Waals surface area contributed by atoms with Crippen LogP contribution in [0.3, 0.4) is 0 Å². The van der Waals surface area contributed by atoms with Crippen LogP contribution in [0.25, 0.3) is 0 Å². The van der Waals surface area contributed by atoms with Gasteiger partial charge < -0.3 is 20.5 Å². The quantitative estimate of drug-likeness (QED) is 0.693. The number of hydrogen-bond acceptors (Lipinski definition) is 5. The number of nitrogens with one attached hydrogen (secondary N) is 1. The Morgan fingerprint density at radius 2 is 1.92 bits per heavy atom. The van der Waals surface area contributed by atoms with Crippen LogP contribution in [0.4, 0.5) is 0 Å². The second kappa shape index (κ2) is 10.7. The van der Waals surface area contributed by atoms with Gasteiger partial charge in [-0.3, -0.25) is 4.79 Å². The highest BCUT2D eigenvalue weighted by Crippen LogP contribution is 2.32. The Kier molecular flexibility index (Phi) is 10.2. The van der Waals surface area contributed by atoms with E-state index in [-0.39, 0.29) is 23.7 Å². The number of carbonyl (C=O) groups is 1. The number of benzene rings is 1. The number of halogens is 1. The topological polar surface area (TPSA) is 73.6 Å². The molecule has 0 spiro atoms. The Labute approximate surface area is 155 Å². The summed E-state index contributed by atoms with van der Waals surface area (Å²) in [5.41, 5.74) is 6.71. The molecule has 0 aliphatic heterocycles. The number of nitrogens with two attached hydrogens (primary N) is 1. The molecule has 0 heterocycles. The van der Waals surface area contributed by atoms with Crippen LogP contribution < -0.4 is 20.5 Å². The van der Waals surface area contributed by atoms with Crippen molar-refractivity contribution in [3.8, 4) is 11.5 Å². The summed E-state index contributed by atoms with van der Waals surface area (Å²) in [6, 6.07) is 5.35. The van der Waals surface area contributed by atoms with Crippen molar-refractivity contribution in [1.29, 1.82) is 0 Å². The van der Waals surface area contributed by atoms with E-state index in [0.717, 1.165) is 11.3 Å². The molecule has 0 bridgehead atoms. The van der Waals surface area contributed by atoms with Gasteiger partial charge >= 0.3 is 0 Å². The zero-order valence-electron chi connectivity index (χ0n) is 15.0. The molecule has 0 unspecified atom stereocenters. The van der Waals surface area contributed by atoms with Crippen molar-refractivity contribution in [2.24, 2.45) is 5.73 Å². The third-order valence-electron chi connectivity index (χ3n) is 3.84. The van der Waals surface area contributed by atoms with Crippen LogP contribution in [0.2, 0.25) is 0 Å². The van der Waals surface area contributed by atoms with Crippen LogP contribution in [0, 0.1) is 0 Å². The number of hydrogen-bond donors (Lipinski definition) is 2. The lowest BCUT2D eigenvalue weighted by Gasteiger charge is -2.27. The third-order valence-corrected chi connectivity index (χ3v) is 4.48. The highest BCUT2D eigenvalue weighted by molar-refractivity contribution is 7.98. The van der Waals surface area contributed by atoms with E-state index in [9.17, 15) is 4.79 Å². The van der Waals surface area contributed by atoms with Crippen LogP contribution in [-0.2, 0) is 10.2 Å². The summed E-state index contributed by atoms with van der Waals surface area (Å²) in [4.78, 5) is 12.1. The van der Waals surface area contributed by atoms with Gasteiger partial charge in [0, 0.05) is 12.0 Å². The molecule has 7 heteroatoms. The van der Waals surface area contributed by atoms with Crippen LogP contribution >= 0.6 is 24.2 Å². The van der Waals surface area contributed by atoms with Crippen LogP contribution in [0.1, 0.15) is 25.8 Å². The normalized spacial score (nSPS) is 12.1. The fourth-order valence-corrected chi connectivity index (χ4v) is 2.66. The summed E-state index contributed by atoms with van der Waals surface area (Å²) in [5.74, 6) is 2.15. The molecule has 5 nitrogen and oxygen atoms in total.